The number of anilines is 2. The summed E-state index contributed by atoms with van der Waals surface area (Å²) >= 11 is 0. The second kappa shape index (κ2) is 3.94. The Morgan fingerprint density at radius 1 is 1.44 bits per heavy atom. The second-order valence-corrected chi connectivity index (χ2v) is 4.43. The maximum atomic E-state index is 5.59. The standard InChI is InChI=1S/C13H15N3O2/c1-16-6-5-8-10(16)4-3-9(13(8)17-2)11-7-12(14)15-18-11/h3-4,7H,5-6H2,1-2H3,(H2,14,15). The highest BCUT2D eigenvalue weighted by atomic mass is 16.5. The Morgan fingerprint density at radius 3 is 2.94 bits per heavy atom. The van der Waals surface area contributed by atoms with Crippen LogP contribution >= 0.6 is 0 Å². The van der Waals surface area contributed by atoms with Gasteiger partial charge in [0, 0.05) is 30.9 Å². The Morgan fingerprint density at radius 2 is 2.28 bits per heavy atom. The van der Waals surface area contributed by atoms with Gasteiger partial charge in [-0.2, -0.15) is 0 Å². The predicted molar refractivity (Wildman–Crippen MR) is 69.9 cm³/mol. The van der Waals surface area contributed by atoms with Crippen molar-refractivity contribution < 1.29 is 9.26 Å². The van der Waals surface area contributed by atoms with Gasteiger partial charge >= 0.3 is 0 Å². The van der Waals surface area contributed by atoms with Gasteiger partial charge in [0.25, 0.3) is 0 Å². The number of ether oxygens (including phenoxy) is 1. The molecule has 0 saturated carbocycles. The van der Waals surface area contributed by atoms with Crippen molar-refractivity contribution in [3.8, 4) is 17.1 Å². The molecule has 0 radical (unpaired) electrons. The number of hydrogen-bond acceptors (Lipinski definition) is 5. The van der Waals surface area contributed by atoms with E-state index in [1.54, 1.807) is 13.2 Å². The monoisotopic (exact) mass is 245 g/mol. The summed E-state index contributed by atoms with van der Waals surface area (Å²) in [6.07, 6.45) is 0.979. The predicted octanol–water partition coefficient (Wildman–Crippen LogP) is 1.92. The highest BCUT2D eigenvalue weighted by Gasteiger charge is 2.23. The van der Waals surface area contributed by atoms with Crippen molar-refractivity contribution in [2.45, 2.75) is 6.42 Å². The molecule has 2 N–H and O–H groups in total. The first kappa shape index (κ1) is 11.0. The maximum absolute atomic E-state index is 5.59. The first-order chi connectivity index (χ1) is 8.70. The Labute approximate surface area is 105 Å². The number of nitrogens with two attached hydrogens (primary N) is 1. The number of fused-ring (bicyclic) bond motifs is 1. The van der Waals surface area contributed by atoms with Crippen molar-refractivity contribution in [1.29, 1.82) is 0 Å². The fourth-order valence-electron chi connectivity index (χ4n) is 2.46. The molecule has 0 atom stereocenters. The van der Waals surface area contributed by atoms with E-state index in [-0.39, 0.29) is 0 Å². The third-order valence-corrected chi connectivity index (χ3v) is 3.34. The van der Waals surface area contributed by atoms with Crippen LogP contribution in [0.2, 0.25) is 0 Å². The van der Waals surface area contributed by atoms with Crippen LogP contribution in [0, 0.1) is 0 Å². The number of nitrogen functional groups attached to an aromatic ring is 1. The van der Waals surface area contributed by atoms with E-state index < -0.39 is 0 Å². The number of benzene rings is 1. The van der Waals surface area contributed by atoms with Gasteiger partial charge in [-0.3, -0.25) is 0 Å². The molecule has 2 heterocycles. The lowest BCUT2D eigenvalue weighted by molar-refractivity contribution is 0.404. The van der Waals surface area contributed by atoms with Crippen LogP contribution in [0.4, 0.5) is 11.5 Å². The van der Waals surface area contributed by atoms with Crippen molar-refractivity contribution in [2.24, 2.45) is 0 Å². The molecule has 0 bridgehead atoms. The van der Waals surface area contributed by atoms with Gasteiger partial charge in [0.15, 0.2) is 11.6 Å². The van der Waals surface area contributed by atoms with Gasteiger partial charge in [-0.25, -0.2) is 0 Å². The van der Waals surface area contributed by atoms with E-state index in [1.807, 2.05) is 6.07 Å². The van der Waals surface area contributed by atoms with Crippen molar-refractivity contribution in [1.82, 2.24) is 5.16 Å². The summed E-state index contributed by atoms with van der Waals surface area (Å²) in [6, 6.07) is 5.78. The topological polar surface area (TPSA) is 64.5 Å². The number of rotatable bonds is 2. The van der Waals surface area contributed by atoms with Crippen molar-refractivity contribution in [2.75, 3.05) is 31.3 Å². The molecule has 0 unspecified atom stereocenters. The summed E-state index contributed by atoms with van der Waals surface area (Å²) in [4.78, 5) is 2.22. The molecule has 3 rings (SSSR count). The lowest BCUT2D eigenvalue weighted by Gasteiger charge is -2.14. The number of methoxy groups -OCH3 is 1. The quantitative estimate of drug-likeness (QED) is 0.875. The van der Waals surface area contributed by atoms with Crippen molar-refractivity contribution in [3.05, 3.63) is 23.8 Å². The van der Waals surface area contributed by atoms with Crippen LogP contribution in [0.3, 0.4) is 0 Å². The molecule has 0 amide bonds. The molecule has 0 saturated heterocycles. The Bertz CT molecular complexity index is 592. The Hall–Kier alpha value is -2.17. The van der Waals surface area contributed by atoms with Crippen molar-refractivity contribution >= 4 is 11.5 Å². The van der Waals surface area contributed by atoms with Gasteiger partial charge in [-0.15, -0.1) is 0 Å². The summed E-state index contributed by atoms with van der Waals surface area (Å²) in [7, 11) is 3.76. The van der Waals surface area contributed by atoms with E-state index in [2.05, 4.69) is 23.2 Å². The zero-order chi connectivity index (χ0) is 12.7. The number of likely N-dealkylation sites (N-methyl/N-ethyl adjacent to an activating group) is 1. The SMILES string of the molecule is COc1c(-c2cc(N)no2)ccc2c1CCN2C. The van der Waals surface area contributed by atoms with Crippen LogP contribution < -0.4 is 15.4 Å². The van der Waals surface area contributed by atoms with Gasteiger partial charge < -0.3 is 19.9 Å². The molecule has 5 heteroatoms. The fourth-order valence-corrected chi connectivity index (χ4v) is 2.46. The second-order valence-electron chi connectivity index (χ2n) is 4.43. The molecule has 1 aliphatic rings. The van der Waals surface area contributed by atoms with Gasteiger partial charge in [-0.1, -0.05) is 5.16 Å². The molecule has 2 aromatic rings. The van der Waals surface area contributed by atoms with E-state index in [0.717, 1.165) is 24.3 Å². The molecule has 1 aromatic carbocycles. The van der Waals surface area contributed by atoms with Crippen molar-refractivity contribution in [3.63, 3.8) is 0 Å². The minimum atomic E-state index is 0.379. The highest BCUT2D eigenvalue weighted by molar-refractivity contribution is 5.76. The summed E-state index contributed by atoms with van der Waals surface area (Å²) in [5.41, 5.74) is 8.91. The maximum Gasteiger partial charge on any atom is 0.172 e. The van der Waals surface area contributed by atoms with Crippen LogP contribution in [-0.4, -0.2) is 25.9 Å². The average molecular weight is 245 g/mol. The lowest BCUT2D eigenvalue weighted by atomic mass is 10.0. The zero-order valence-corrected chi connectivity index (χ0v) is 10.4. The third kappa shape index (κ3) is 1.51. The smallest absolute Gasteiger partial charge is 0.172 e. The molecule has 94 valence electrons. The Balaban J connectivity index is 2.17. The first-order valence-corrected chi connectivity index (χ1v) is 5.84. The van der Waals surface area contributed by atoms with Crippen LogP contribution in [-0.2, 0) is 6.42 Å². The first-order valence-electron chi connectivity index (χ1n) is 5.84. The summed E-state index contributed by atoms with van der Waals surface area (Å²) < 4.78 is 10.8. The van der Waals surface area contributed by atoms with Gasteiger partial charge in [-0.05, 0) is 18.6 Å². The summed E-state index contributed by atoms with van der Waals surface area (Å²) in [5, 5.41) is 3.71. The molecule has 0 fully saturated rings. The molecule has 1 aromatic heterocycles. The molecule has 5 nitrogen and oxygen atoms in total. The molecular formula is C13H15N3O2. The molecule has 0 aliphatic carbocycles. The van der Waals surface area contributed by atoms with Crippen LogP contribution in [0.1, 0.15) is 5.56 Å². The minimum absolute atomic E-state index is 0.379. The molecule has 0 spiro atoms. The zero-order valence-electron chi connectivity index (χ0n) is 10.4. The lowest BCUT2D eigenvalue weighted by Crippen LogP contribution is -2.12. The normalized spacial score (nSPS) is 13.8. The number of aromatic nitrogens is 1. The largest absolute Gasteiger partial charge is 0.496 e. The van der Waals surface area contributed by atoms with Crippen LogP contribution in [0.5, 0.6) is 5.75 Å². The number of nitrogens with zero attached hydrogens (tertiary/aromatic N) is 2. The Kier molecular flexibility index (Phi) is 2.40. The van der Waals surface area contributed by atoms with Gasteiger partial charge in [0.2, 0.25) is 0 Å². The van der Waals surface area contributed by atoms with Crippen LogP contribution in [0.25, 0.3) is 11.3 Å². The molecular weight excluding hydrogens is 230 g/mol. The highest BCUT2D eigenvalue weighted by Crippen LogP contribution is 2.41. The van der Waals surface area contributed by atoms with Gasteiger partial charge in [0.1, 0.15) is 5.75 Å². The van der Waals surface area contributed by atoms with E-state index in [9.17, 15) is 0 Å². The van der Waals surface area contributed by atoms with E-state index >= 15 is 0 Å². The minimum Gasteiger partial charge on any atom is -0.496 e. The average Bonchev–Trinajstić information content (AvgIpc) is 2.95. The summed E-state index contributed by atoms with van der Waals surface area (Å²) in [5.74, 6) is 1.87. The fraction of sp³-hybridized carbons (Fsp3) is 0.308. The van der Waals surface area contributed by atoms with Crippen LogP contribution in [0.15, 0.2) is 22.7 Å². The van der Waals surface area contributed by atoms with Gasteiger partial charge in [0.05, 0.1) is 12.7 Å². The summed E-state index contributed by atoms with van der Waals surface area (Å²) in [6.45, 7) is 1.01. The molecule has 1 aliphatic heterocycles. The number of hydrogen-bond donors (Lipinski definition) is 1. The van der Waals surface area contributed by atoms with E-state index in [1.165, 1.54) is 11.3 Å². The third-order valence-electron chi connectivity index (χ3n) is 3.34. The van der Waals surface area contributed by atoms with E-state index in [4.69, 9.17) is 15.0 Å². The molecule has 18 heavy (non-hydrogen) atoms. The van der Waals surface area contributed by atoms with E-state index in [0.29, 0.717) is 11.6 Å².